The van der Waals surface area contributed by atoms with E-state index in [1.54, 1.807) is 0 Å². The molecule has 86 valence electrons. The van der Waals surface area contributed by atoms with Gasteiger partial charge in [-0.15, -0.1) is 0 Å². The number of piperidine rings is 1. The van der Waals surface area contributed by atoms with Crippen molar-refractivity contribution >= 4 is 0 Å². The van der Waals surface area contributed by atoms with Gasteiger partial charge in [0.25, 0.3) is 0 Å². The van der Waals surface area contributed by atoms with Gasteiger partial charge in [-0.05, 0) is 62.4 Å². The van der Waals surface area contributed by atoms with E-state index in [-0.39, 0.29) is 0 Å². The average molecular weight is 217 g/mol. The fourth-order valence-electron chi connectivity index (χ4n) is 2.79. The van der Waals surface area contributed by atoms with Gasteiger partial charge in [-0.3, -0.25) is 0 Å². The second-order valence-corrected chi connectivity index (χ2v) is 4.81. The maximum atomic E-state index is 6.16. The highest BCUT2D eigenvalue weighted by atomic mass is 16.5. The van der Waals surface area contributed by atoms with Crippen molar-refractivity contribution in [2.45, 2.75) is 38.2 Å². The lowest BCUT2D eigenvalue weighted by Gasteiger charge is -2.25. The number of rotatable bonds is 2. The summed E-state index contributed by atoms with van der Waals surface area (Å²) in [6, 6.07) is 6.53. The summed E-state index contributed by atoms with van der Waals surface area (Å²) in [6.45, 7) is 2.19. The van der Waals surface area contributed by atoms with E-state index in [0.29, 0.717) is 6.10 Å². The van der Waals surface area contributed by atoms with Crippen LogP contribution in [-0.4, -0.2) is 19.2 Å². The van der Waals surface area contributed by atoms with E-state index >= 15 is 0 Å². The Labute approximate surface area is 97.0 Å². The standard InChI is InChI=1S/C14H19NO/c1-3-11-4-2-6-14(13(11)5-1)16-12-7-9-15-10-8-12/h2,4,6,12,15H,1,3,5,7-10H2. The highest BCUT2D eigenvalue weighted by Gasteiger charge is 2.19. The van der Waals surface area contributed by atoms with Crippen molar-refractivity contribution < 1.29 is 4.74 Å². The van der Waals surface area contributed by atoms with Crippen LogP contribution in [0.4, 0.5) is 0 Å². The van der Waals surface area contributed by atoms with Crippen LogP contribution in [0.1, 0.15) is 30.4 Å². The van der Waals surface area contributed by atoms with Crippen LogP contribution >= 0.6 is 0 Å². The molecule has 0 saturated carbocycles. The van der Waals surface area contributed by atoms with Crippen LogP contribution < -0.4 is 10.1 Å². The summed E-state index contributed by atoms with van der Waals surface area (Å²) < 4.78 is 6.16. The van der Waals surface area contributed by atoms with Gasteiger partial charge < -0.3 is 10.1 Å². The van der Waals surface area contributed by atoms with Crippen molar-refractivity contribution in [2.24, 2.45) is 0 Å². The summed E-state index contributed by atoms with van der Waals surface area (Å²) in [6.07, 6.45) is 6.44. The molecule has 1 aliphatic heterocycles. The third kappa shape index (κ3) is 1.94. The molecule has 2 aliphatic rings. The Morgan fingerprint density at radius 2 is 2.00 bits per heavy atom. The fourth-order valence-corrected chi connectivity index (χ4v) is 2.79. The molecule has 1 aliphatic carbocycles. The summed E-state index contributed by atoms with van der Waals surface area (Å²) in [5.74, 6) is 1.15. The zero-order chi connectivity index (χ0) is 10.8. The lowest BCUT2D eigenvalue weighted by Crippen LogP contribution is -2.34. The first-order valence-corrected chi connectivity index (χ1v) is 6.41. The van der Waals surface area contributed by atoms with Crippen LogP contribution in [0, 0.1) is 0 Å². The maximum Gasteiger partial charge on any atom is 0.123 e. The Morgan fingerprint density at radius 1 is 1.12 bits per heavy atom. The minimum Gasteiger partial charge on any atom is -0.490 e. The van der Waals surface area contributed by atoms with Crippen molar-refractivity contribution in [2.75, 3.05) is 13.1 Å². The van der Waals surface area contributed by atoms with Crippen LogP contribution in [-0.2, 0) is 12.8 Å². The molecule has 1 saturated heterocycles. The molecule has 16 heavy (non-hydrogen) atoms. The van der Waals surface area contributed by atoms with Crippen LogP contribution in [0.3, 0.4) is 0 Å². The SMILES string of the molecule is c1cc2c(c(OC3CCNCC3)c1)CCC2. The van der Waals surface area contributed by atoms with Crippen molar-refractivity contribution in [1.82, 2.24) is 5.32 Å². The molecule has 0 bridgehead atoms. The normalized spacial score (nSPS) is 20.8. The summed E-state index contributed by atoms with van der Waals surface area (Å²) in [5.41, 5.74) is 2.98. The molecule has 0 unspecified atom stereocenters. The molecule has 2 nitrogen and oxygen atoms in total. The number of nitrogens with one attached hydrogen (secondary N) is 1. The van der Waals surface area contributed by atoms with E-state index in [0.717, 1.165) is 31.7 Å². The fraction of sp³-hybridized carbons (Fsp3) is 0.571. The van der Waals surface area contributed by atoms with Gasteiger partial charge in [0.15, 0.2) is 0 Å². The molecule has 3 rings (SSSR count). The molecule has 1 N–H and O–H groups in total. The predicted molar refractivity (Wildman–Crippen MR) is 65.0 cm³/mol. The van der Waals surface area contributed by atoms with Crippen molar-refractivity contribution in [3.8, 4) is 5.75 Å². The van der Waals surface area contributed by atoms with Crippen LogP contribution in [0.5, 0.6) is 5.75 Å². The van der Waals surface area contributed by atoms with Gasteiger partial charge in [0, 0.05) is 0 Å². The predicted octanol–water partition coefficient (Wildman–Crippen LogP) is 2.31. The quantitative estimate of drug-likeness (QED) is 0.820. The van der Waals surface area contributed by atoms with E-state index in [1.807, 2.05) is 0 Å². The molecule has 1 aromatic carbocycles. The zero-order valence-electron chi connectivity index (χ0n) is 9.67. The Morgan fingerprint density at radius 3 is 2.88 bits per heavy atom. The van der Waals surface area contributed by atoms with Crippen LogP contribution in [0.15, 0.2) is 18.2 Å². The number of hydrogen-bond donors (Lipinski definition) is 1. The summed E-state index contributed by atoms with van der Waals surface area (Å²) >= 11 is 0. The molecule has 2 heteroatoms. The van der Waals surface area contributed by atoms with Gasteiger partial charge in [0.1, 0.15) is 11.9 Å². The molecule has 0 aromatic heterocycles. The highest BCUT2D eigenvalue weighted by molar-refractivity contribution is 5.43. The summed E-state index contributed by atoms with van der Waals surface area (Å²) in [4.78, 5) is 0. The van der Waals surface area contributed by atoms with E-state index in [9.17, 15) is 0 Å². The molecule has 0 atom stereocenters. The highest BCUT2D eigenvalue weighted by Crippen LogP contribution is 2.31. The second kappa shape index (κ2) is 4.46. The molecule has 0 amide bonds. The smallest absolute Gasteiger partial charge is 0.123 e. The van der Waals surface area contributed by atoms with Crippen LogP contribution in [0.25, 0.3) is 0 Å². The second-order valence-electron chi connectivity index (χ2n) is 4.81. The molecule has 1 aromatic rings. The maximum absolute atomic E-state index is 6.16. The monoisotopic (exact) mass is 217 g/mol. The number of benzene rings is 1. The Kier molecular flexibility index (Phi) is 2.83. The first-order valence-electron chi connectivity index (χ1n) is 6.41. The zero-order valence-corrected chi connectivity index (χ0v) is 9.67. The number of fused-ring (bicyclic) bond motifs is 1. The lowest BCUT2D eigenvalue weighted by atomic mass is 10.1. The summed E-state index contributed by atoms with van der Waals surface area (Å²) in [7, 11) is 0. The average Bonchev–Trinajstić information content (AvgIpc) is 2.80. The minimum atomic E-state index is 0.424. The van der Waals surface area contributed by atoms with E-state index < -0.39 is 0 Å². The van der Waals surface area contributed by atoms with Gasteiger partial charge in [-0.2, -0.15) is 0 Å². The molecular weight excluding hydrogens is 198 g/mol. The van der Waals surface area contributed by atoms with E-state index in [2.05, 4.69) is 23.5 Å². The first-order chi connectivity index (χ1) is 7.93. The number of aryl methyl sites for hydroxylation is 1. The summed E-state index contributed by atoms with van der Waals surface area (Å²) in [5, 5.41) is 3.37. The van der Waals surface area contributed by atoms with E-state index in [4.69, 9.17) is 4.74 Å². The molecule has 0 spiro atoms. The Bertz CT molecular complexity index is 369. The van der Waals surface area contributed by atoms with Crippen molar-refractivity contribution in [1.29, 1.82) is 0 Å². The van der Waals surface area contributed by atoms with Crippen molar-refractivity contribution in [3.05, 3.63) is 29.3 Å². The van der Waals surface area contributed by atoms with Gasteiger partial charge in [-0.25, -0.2) is 0 Å². The number of hydrogen-bond acceptors (Lipinski definition) is 2. The topological polar surface area (TPSA) is 21.3 Å². The van der Waals surface area contributed by atoms with Gasteiger partial charge in [0.05, 0.1) is 0 Å². The minimum absolute atomic E-state index is 0.424. The Balaban J connectivity index is 1.76. The Hall–Kier alpha value is -1.02. The van der Waals surface area contributed by atoms with Crippen LogP contribution in [0.2, 0.25) is 0 Å². The molecule has 0 radical (unpaired) electrons. The number of ether oxygens (including phenoxy) is 1. The molecule has 1 fully saturated rings. The lowest BCUT2D eigenvalue weighted by molar-refractivity contribution is 0.161. The molecular formula is C14H19NO. The first kappa shape index (κ1) is 10.2. The third-order valence-electron chi connectivity index (χ3n) is 3.68. The molecule has 1 heterocycles. The largest absolute Gasteiger partial charge is 0.490 e. The van der Waals surface area contributed by atoms with Gasteiger partial charge in [0.2, 0.25) is 0 Å². The third-order valence-corrected chi connectivity index (χ3v) is 3.68. The van der Waals surface area contributed by atoms with E-state index in [1.165, 1.54) is 30.4 Å². The van der Waals surface area contributed by atoms with Crippen molar-refractivity contribution in [3.63, 3.8) is 0 Å². The van der Waals surface area contributed by atoms with Gasteiger partial charge >= 0.3 is 0 Å². The van der Waals surface area contributed by atoms with Gasteiger partial charge in [-0.1, -0.05) is 12.1 Å².